The van der Waals surface area contributed by atoms with Crippen LogP contribution in [-0.4, -0.2) is 3.71 Å². The summed E-state index contributed by atoms with van der Waals surface area (Å²) in [7, 11) is 0. The minimum absolute atomic E-state index is 0. The van der Waals surface area contributed by atoms with Gasteiger partial charge in [0.05, 0.1) is 0 Å². The Morgan fingerprint density at radius 3 is 1.22 bits per heavy atom. The molecule has 0 nitrogen and oxygen atoms in total. The summed E-state index contributed by atoms with van der Waals surface area (Å²) >= 11 is -2.32. The zero-order valence-corrected chi connectivity index (χ0v) is 35.0. The van der Waals surface area contributed by atoms with Gasteiger partial charge >= 0.3 is 295 Å². The number of rotatable bonds is 8. The van der Waals surface area contributed by atoms with Crippen LogP contribution in [0.4, 0.5) is 0 Å². The maximum atomic E-state index is 2.74. The smallest absolute Gasteiger partial charge is 1.00 e. The first-order valence-corrected chi connectivity index (χ1v) is 22.3. The van der Waals surface area contributed by atoms with Crippen LogP contribution in [-0.2, 0) is 32.1 Å². The average molecular weight is 769 g/mol. The summed E-state index contributed by atoms with van der Waals surface area (Å²) in [6, 6.07) is 33.1. The van der Waals surface area contributed by atoms with Crippen LogP contribution in [0.2, 0.25) is 0 Å². The second kappa shape index (κ2) is 15.9. The molecule has 2 atom stereocenters. The molecular weight excluding hydrogens is 715 g/mol. The molecule has 6 rings (SSSR count). The van der Waals surface area contributed by atoms with Gasteiger partial charge in [0, 0.05) is 0 Å². The van der Waals surface area contributed by atoms with Crippen molar-refractivity contribution in [1.29, 1.82) is 0 Å². The Labute approximate surface area is 317 Å². The summed E-state index contributed by atoms with van der Waals surface area (Å²) in [5.74, 6) is 0. The van der Waals surface area contributed by atoms with Crippen molar-refractivity contribution >= 4 is 15.9 Å². The molecule has 0 spiro atoms. The van der Waals surface area contributed by atoms with Gasteiger partial charge in [0.15, 0.2) is 0 Å². The molecule has 49 heavy (non-hydrogen) atoms. The van der Waals surface area contributed by atoms with E-state index >= 15 is 0 Å². The predicted octanol–water partition coefficient (Wildman–Crippen LogP) is 7.24. The molecule has 2 unspecified atom stereocenters. The molecule has 2 aliphatic rings. The van der Waals surface area contributed by atoms with Crippen LogP contribution < -0.4 is 24.8 Å². The summed E-state index contributed by atoms with van der Waals surface area (Å²) in [6.45, 7) is 20.9. The largest absolute Gasteiger partial charge is 1.00 e. The Hall–Kier alpha value is -2.31. The minimum atomic E-state index is -2.32. The summed E-state index contributed by atoms with van der Waals surface area (Å²) in [6.07, 6.45) is 10.00. The van der Waals surface area contributed by atoms with Crippen LogP contribution in [0.25, 0.3) is 34.4 Å². The van der Waals surface area contributed by atoms with E-state index < -0.39 is 21.3 Å². The molecule has 256 valence electrons. The predicted molar refractivity (Wildman–Crippen MR) is 204 cm³/mol. The van der Waals surface area contributed by atoms with Crippen molar-refractivity contribution < 1.29 is 46.1 Å². The SMILES string of the molecule is C[CH]=[Zr+2]([CH]1C(CCC)=Cc2c(-c3ccc(C(C)(C)C)cc3)cccc21)[CH]1C(CCC)=Cc2c(-c3ccc(C(C)(C)C)cc3)cccc21.[Cl-].[Cl-]. The molecule has 0 bridgehead atoms. The maximum absolute atomic E-state index is 2.74. The van der Waals surface area contributed by atoms with E-state index in [2.05, 4.69) is 163 Å². The Morgan fingerprint density at radius 1 is 0.551 bits per heavy atom. The number of halogens is 2. The second-order valence-electron chi connectivity index (χ2n) is 15.9. The third kappa shape index (κ3) is 7.81. The van der Waals surface area contributed by atoms with E-state index in [1.165, 1.54) is 70.2 Å². The van der Waals surface area contributed by atoms with Crippen molar-refractivity contribution in [2.24, 2.45) is 0 Å². The van der Waals surface area contributed by atoms with Gasteiger partial charge < -0.3 is 24.8 Å². The molecule has 0 aliphatic heterocycles. The fourth-order valence-electron chi connectivity index (χ4n) is 8.03. The van der Waals surface area contributed by atoms with Gasteiger partial charge in [-0.15, -0.1) is 0 Å². The van der Waals surface area contributed by atoms with Gasteiger partial charge in [0.25, 0.3) is 0 Å². The Kier molecular flexibility index (Phi) is 12.8. The van der Waals surface area contributed by atoms with E-state index in [4.69, 9.17) is 0 Å². The van der Waals surface area contributed by atoms with E-state index in [0.717, 1.165) is 0 Å². The molecule has 0 saturated carbocycles. The van der Waals surface area contributed by atoms with Gasteiger partial charge in [-0.1, -0.05) is 0 Å². The molecule has 0 amide bonds. The van der Waals surface area contributed by atoms with Crippen LogP contribution in [0.15, 0.2) is 96.1 Å². The summed E-state index contributed by atoms with van der Waals surface area (Å²) in [5, 5.41) is 0. The third-order valence-electron chi connectivity index (χ3n) is 10.5. The zero-order chi connectivity index (χ0) is 33.5. The van der Waals surface area contributed by atoms with Gasteiger partial charge in [-0.2, -0.15) is 0 Å². The molecule has 4 aromatic carbocycles. The number of hydrogen-bond donors (Lipinski definition) is 0. The van der Waals surface area contributed by atoms with E-state index in [1.807, 2.05) is 0 Å². The van der Waals surface area contributed by atoms with E-state index in [9.17, 15) is 0 Å². The first-order chi connectivity index (χ1) is 22.5. The van der Waals surface area contributed by atoms with Crippen LogP contribution in [0.5, 0.6) is 0 Å². The third-order valence-corrected chi connectivity index (χ3v) is 18.8. The van der Waals surface area contributed by atoms with Crippen molar-refractivity contribution in [3.05, 3.63) is 129 Å². The van der Waals surface area contributed by atoms with Gasteiger partial charge in [0.2, 0.25) is 0 Å². The van der Waals surface area contributed by atoms with Gasteiger partial charge in [-0.05, 0) is 0 Å². The molecule has 0 heterocycles. The van der Waals surface area contributed by atoms with Crippen molar-refractivity contribution in [2.75, 3.05) is 0 Å². The molecule has 0 saturated heterocycles. The number of allylic oxidation sites excluding steroid dienone is 2. The molecule has 3 heteroatoms. The average Bonchev–Trinajstić information content (AvgIpc) is 3.59. The number of fused-ring (bicyclic) bond motifs is 2. The normalized spacial score (nSPS) is 16.3. The molecule has 0 N–H and O–H groups in total. The fraction of sp³-hybridized carbons (Fsp3) is 0.370. The standard InChI is InChI=1S/2C22H25.C2H4.2ClH.Zr/c2*1-5-7-16-14-18-8-6-9-20(21(18)15-16)17-10-12-19(13-11-17)22(2,3)4;1-2;;;/h2*6,8-15H,5,7H2,1-4H3;1H,2H3;2*1H;/q;;;;;+2/p-2. The van der Waals surface area contributed by atoms with E-state index in [0.29, 0.717) is 7.25 Å². The van der Waals surface area contributed by atoms with Crippen LogP contribution in [0.3, 0.4) is 0 Å². The number of hydrogen-bond acceptors (Lipinski definition) is 0. The van der Waals surface area contributed by atoms with Crippen LogP contribution in [0.1, 0.15) is 129 Å². The molecular formula is C46H54Cl2Zr. The topological polar surface area (TPSA) is 0 Å². The Balaban J connectivity index is 0.00000270. The van der Waals surface area contributed by atoms with Crippen molar-refractivity contribution in [3.8, 4) is 22.3 Å². The monoisotopic (exact) mass is 766 g/mol. The number of benzene rings is 4. The second-order valence-corrected chi connectivity index (χ2v) is 22.6. The molecule has 2 aliphatic carbocycles. The molecule has 0 fully saturated rings. The maximum Gasteiger partial charge on any atom is -1.00 e. The van der Waals surface area contributed by atoms with Gasteiger partial charge in [-0.3, -0.25) is 0 Å². The molecule has 4 aromatic rings. The van der Waals surface area contributed by atoms with Crippen molar-refractivity contribution in [3.63, 3.8) is 0 Å². The molecule has 0 aromatic heterocycles. The quantitative estimate of drug-likeness (QED) is 0.178. The summed E-state index contributed by atoms with van der Waals surface area (Å²) in [5.41, 5.74) is 18.1. The van der Waals surface area contributed by atoms with Crippen LogP contribution in [0, 0.1) is 0 Å². The molecule has 0 radical (unpaired) electrons. The van der Waals surface area contributed by atoms with Crippen LogP contribution >= 0.6 is 0 Å². The Bertz CT molecular complexity index is 1720. The minimum Gasteiger partial charge on any atom is -1.00 e. The first kappa shape index (κ1) is 39.5. The van der Waals surface area contributed by atoms with E-state index in [1.54, 1.807) is 22.3 Å². The summed E-state index contributed by atoms with van der Waals surface area (Å²) in [4.78, 5) is 0. The Morgan fingerprint density at radius 2 is 0.918 bits per heavy atom. The fourth-order valence-corrected chi connectivity index (χ4v) is 16.7. The van der Waals surface area contributed by atoms with E-state index in [-0.39, 0.29) is 35.6 Å². The van der Waals surface area contributed by atoms with Gasteiger partial charge in [-0.25, -0.2) is 0 Å². The van der Waals surface area contributed by atoms with Gasteiger partial charge in [0.1, 0.15) is 0 Å². The first-order valence-electron chi connectivity index (χ1n) is 18.0. The summed E-state index contributed by atoms with van der Waals surface area (Å²) < 4.78 is 3.90. The van der Waals surface area contributed by atoms with Crippen molar-refractivity contribution in [2.45, 2.75) is 106 Å². The van der Waals surface area contributed by atoms with Crippen molar-refractivity contribution in [1.82, 2.24) is 0 Å². The zero-order valence-electron chi connectivity index (χ0n) is 31.1.